The molecule has 0 bridgehead atoms. The largest absolute Gasteiger partial charge is 0.353 e. The lowest BCUT2D eigenvalue weighted by atomic mass is 9.98. The van der Waals surface area contributed by atoms with E-state index in [-0.39, 0.29) is 5.92 Å². The summed E-state index contributed by atoms with van der Waals surface area (Å²) in [5, 5.41) is 8.35. The lowest BCUT2D eigenvalue weighted by molar-refractivity contribution is -0.135. The second-order valence-corrected chi connectivity index (χ2v) is 5.61. The zero-order valence-electron chi connectivity index (χ0n) is 11.6. The molecule has 3 heterocycles. The van der Waals surface area contributed by atoms with Gasteiger partial charge in [-0.1, -0.05) is 0 Å². The minimum Gasteiger partial charge on any atom is -0.353 e. The number of likely N-dealkylation sites (tertiary alicyclic amines) is 1. The van der Waals surface area contributed by atoms with E-state index >= 15 is 0 Å². The number of carbonyl (C=O) groups is 1. The van der Waals surface area contributed by atoms with Gasteiger partial charge >= 0.3 is 0 Å². The van der Waals surface area contributed by atoms with Crippen LogP contribution in [0.2, 0.25) is 0 Å². The molecular weight excluding hydrogens is 240 g/mol. The van der Waals surface area contributed by atoms with Crippen LogP contribution in [0, 0.1) is 19.8 Å². The number of anilines is 1. The van der Waals surface area contributed by atoms with E-state index in [0.717, 1.165) is 56.1 Å². The van der Waals surface area contributed by atoms with Gasteiger partial charge in [-0.05, 0) is 38.3 Å². The maximum Gasteiger partial charge on any atom is 0.229 e. The highest BCUT2D eigenvalue weighted by atomic mass is 16.2. The summed E-state index contributed by atoms with van der Waals surface area (Å²) in [6.45, 7) is 7.46. The molecule has 0 spiro atoms. The van der Waals surface area contributed by atoms with Crippen molar-refractivity contribution in [3.05, 3.63) is 17.3 Å². The predicted molar refractivity (Wildman–Crippen MR) is 73.0 cm³/mol. The Morgan fingerprint density at radius 2 is 1.89 bits per heavy atom. The molecular formula is C14H20N4O. The van der Waals surface area contributed by atoms with Crippen LogP contribution in [0.1, 0.15) is 24.1 Å². The van der Waals surface area contributed by atoms with Gasteiger partial charge in [-0.3, -0.25) is 4.79 Å². The molecule has 2 aliphatic heterocycles. The van der Waals surface area contributed by atoms with Crippen molar-refractivity contribution in [2.45, 2.75) is 26.7 Å². The smallest absolute Gasteiger partial charge is 0.229 e. The van der Waals surface area contributed by atoms with Gasteiger partial charge in [0.25, 0.3) is 0 Å². The first kappa shape index (κ1) is 12.4. The SMILES string of the molecule is Cc1cc(N2CC(C(=O)N3CCCC3)C2)nnc1C. The van der Waals surface area contributed by atoms with Crippen molar-refractivity contribution in [2.24, 2.45) is 5.92 Å². The summed E-state index contributed by atoms with van der Waals surface area (Å²) in [4.78, 5) is 16.3. The van der Waals surface area contributed by atoms with Crippen molar-refractivity contribution in [1.29, 1.82) is 0 Å². The van der Waals surface area contributed by atoms with Crippen LogP contribution in [0.15, 0.2) is 6.07 Å². The van der Waals surface area contributed by atoms with Gasteiger partial charge in [-0.15, -0.1) is 5.10 Å². The van der Waals surface area contributed by atoms with Crippen LogP contribution >= 0.6 is 0 Å². The first-order valence-corrected chi connectivity index (χ1v) is 7.00. The van der Waals surface area contributed by atoms with Crippen LogP contribution in [-0.4, -0.2) is 47.2 Å². The Morgan fingerprint density at radius 1 is 1.21 bits per heavy atom. The Labute approximate surface area is 113 Å². The average Bonchev–Trinajstić information content (AvgIpc) is 2.85. The van der Waals surface area contributed by atoms with Gasteiger partial charge in [0.1, 0.15) is 0 Å². The van der Waals surface area contributed by atoms with Crippen LogP contribution in [0.3, 0.4) is 0 Å². The van der Waals surface area contributed by atoms with Crippen molar-refractivity contribution in [2.75, 3.05) is 31.1 Å². The molecule has 5 nitrogen and oxygen atoms in total. The molecule has 0 unspecified atom stereocenters. The van der Waals surface area contributed by atoms with E-state index in [4.69, 9.17) is 0 Å². The Balaban J connectivity index is 1.60. The molecule has 0 N–H and O–H groups in total. The predicted octanol–water partition coefficient (Wildman–Crippen LogP) is 1.15. The molecule has 0 aliphatic carbocycles. The van der Waals surface area contributed by atoms with Gasteiger partial charge in [0.15, 0.2) is 5.82 Å². The Morgan fingerprint density at radius 3 is 2.53 bits per heavy atom. The summed E-state index contributed by atoms with van der Waals surface area (Å²) in [6.07, 6.45) is 2.32. The normalized spacial score (nSPS) is 19.7. The van der Waals surface area contributed by atoms with Crippen molar-refractivity contribution < 1.29 is 4.79 Å². The van der Waals surface area contributed by atoms with Crippen molar-refractivity contribution in [3.8, 4) is 0 Å². The van der Waals surface area contributed by atoms with Gasteiger partial charge in [-0.25, -0.2) is 0 Å². The van der Waals surface area contributed by atoms with E-state index < -0.39 is 0 Å². The number of nitrogens with zero attached hydrogens (tertiary/aromatic N) is 4. The molecule has 0 aromatic carbocycles. The van der Waals surface area contributed by atoms with E-state index in [1.165, 1.54) is 0 Å². The van der Waals surface area contributed by atoms with Crippen molar-refractivity contribution >= 4 is 11.7 Å². The molecule has 0 atom stereocenters. The fourth-order valence-corrected chi connectivity index (χ4v) is 2.70. The summed E-state index contributed by atoms with van der Waals surface area (Å²) < 4.78 is 0. The highest BCUT2D eigenvalue weighted by molar-refractivity contribution is 5.82. The standard InChI is InChI=1S/C14H20N4O/c1-10-7-13(16-15-11(10)2)18-8-12(9-18)14(19)17-5-3-4-6-17/h7,12H,3-6,8-9H2,1-2H3. The molecule has 2 fully saturated rings. The molecule has 1 amide bonds. The Bertz CT molecular complexity index is 490. The fourth-order valence-electron chi connectivity index (χ4n) is 2.70. The summed E-state index contributed by atoms with van der Waals surface area (Å²) in [6, 6.07) is 2.05. The highest BCUT2D eigenvalue weighted by Gasteiger charge is 2.36. The minimum absolute atomic E-state index is 0.154. The van der Waals surface area contributed by atoms with E-state index in [9.17, 15) is 4.79 Å². The molecule has 2 saturated heterocycles. The number of carbonyl (C=O) groups excluding carboxylic acids is 1. The average molecular weight is 260 g/mol. The third-order valence-electron chi connectivity index (χ3n) is 4.19. The molecule has 0 radical (unpaired) electrons. The third-order valence-corrected chi connectivity index (χ3v) is 4.19. The number of hydrogen-bond donors (Lipinski definition) is 0. The van der Waals surface area contributed by atoms with Gasteiger partial charge in [-0.2, -0.15) is 5.10 Å². The maximum absolute atomic E-state index is 12.2. The van der Waals surface area contributed by atoms with Crippen LogP contribution in [0.25, 0.3) is 0 Å². The second-order valence-electron chi connectivity index (χ2n) is 5.61. The van der Waals surface area contributed by atoms with Crippen molar-refractivity contribution in [1.82, 2.24) is 15.1 Å². The van der Waals surface area contributed by atoms with Crippen molar-refractivity contribution in [3.63, 3.8) is 0 Å². The number of aromatic nitrogens is 2. The van der Waals surface area contributed by atoms with Gasteiger partial charge in [0, 0.05) is 26.2 Å². The number of amides is 1. The quantitative estimate of drug-likeness (QED) is 0.800. The minimum atomic E-state index is 0.154. The second kappa shape index (κ2) is 4.79. The lowest BCUT2D eigenvalue weighted by Crippen LogP contribution is -2.54. The first-order chi connectivity index (χ1) is 9.15. The molecule has 19 heavy (non-hydrogen) atoms. The molecule has 1 aromatic rings. The monoisotopic (exact) mass is 260 g/mol. The zero-order valence-corrected chi connectivity index (χ0v) is 11.6. The maximum atomic E-state index is 12.2. The first-order valence-electron chi connectivity index (χ1n) is 7.00. The fraction of sp³-hybridized carbons (Fsp3) is 0.643. The Hall–Kier alpha value is -1.65. The van der Waals surface area contributed by atoms with E-state index in [1.54, 1.807) is 0 Å². The molecule has 102 valence electrons. The molecule has 0 saturated carbocycles. The molecule has 5 heteroatoms. The molecule has 3 rings (SSSR count). The number of hydrogen-bond acceptors (Lipinski definition) is 4. The van der Waals surface area contributed by atoms with Gasteiger partial charge in [0.05, 0.1) is 11.6 Å². The van der Waals surface area contributed by atoms with Crippen LogP contribution in [0.5, 0.6) is 0 Å². The summed E-state index contributed by atoms with van der Waals surface area (Å²) in [5.41, 5.74) is 2.12. The van der Waals surface area contributed by atoms with Crippen LogP contribution in [0.4, 0.5) is 5.82 Å². The van der Waals surface area contributed by atoms with E-state index in [2.05, 4.69) is 21.2 Å². The summed E-state index contributed by atoms with van der Waals surface area (Å²) in [7, 11) is 0. The summed E-state index contributed by atoms with van der Waals surface area (Å²) >= 11 is 0. The van der Waals surface area contributed by atoms with Crippen LogP contribution < -0.4 is 4.90 Å². The highest BCUT2D eigenvalue weighted by Crippen LogP contribution is 2.25. The third kappa shape index (κ3) is 2.29. The zero-order chi connectivity index (χ0) is 13.4. The Kier molecular flexibility index (Phi) is 3.12. The summed E-state index contributed by atoms with van der Waals surface area (Å²) in [5.74, 6) is 1.38. The van der Waals surface area contributed by atoms with Crippen LogP contribution in [-0.2, 0) is 4.79 Å². The van der Waals surface area contributed by atoms with E-state index in [1.807, 2.05) is 18.7 Å². The number of aryl methyl sites for hydroxylation is 2. The number of rotatable bonds is 2. The molecule has 2 aliphatic rings. The van der Waals surface area contributed by atoms with E-state index in [0.29, 0.717) is 5.91 Å². The van der Waals surface area contributed by atoms with Gasteiger partial charge < -0.3 is 9.80 Å². The lowest BCUT2D eigenvalue weighted by Gasteiger charge is -2.40. The van der Waals surface area contributed by atoms with Gasteiger partial charge in [0.2, 0.25) is 5.91 Å². The molecule has 1 aromatic heterocycles. The topological polar surface area (TPSA) is 49.3 Å².